The van der Waals surface area contributed by atoms with E-state index in [0.29, 0.717) is 17.1 Å². The van der Waals surface area contributed by atoms with Crippen LogP contribution in [0.4, 0.5) is 5.82 Å². The van der Waals surface area contributed by atoms with Crippen LogP contribution in [-0.2, 0) is 4.79 Å². The Kier molecular flexibility index (Phi) is 3.71. The van der Waals surface area contributed by atoms with Gasteiger partial charge in [0.1, 0.15) is 5.82 Å². The minimum absolute atomic E-state index is 0.0636. The van der Waals surface area contributed by atoms with E-state index in [2.05, 4.69) is 10.4 Å². The predicted molar refractivity (Wildman–Crippen MR) is 87.4 cm³/mol. The average molecular weight is 323 g/mol. The number of hydrogen-bond acceptors (Lipinski definition) is 4. The molecule has 0 aliphatic carbocycles. The number of amides is 1. The van der Waals surface area contributed by atoms with Crippen LogP contribution in [0, 0.1) is 6.92 Å². The Bertz CT molecular complexity index is 742. The molecule has 0 radical (unpaired) electrons. The van der Waals surface area contributed by atoms with Gasteiger partial charge in [0.05, 0.1) is 16.6 Å². The van der Waals surface area contributed by atoms with Crippen molar-refractivity contribution in [3.8, 4) is 0 Å². The van der Waals surface area contributed by atoms with Gasteiger partial charge in [-0.2, -0.15) is 0 Å². The second-order valence-corrected chi connectivity index (χ2v) is 7.42. The third kappa shape index (κ3) is 2.44. The number of aromatic amines is 1. The fourth-order valence-corrected chi connectivity index (χ4v) is 4.89. The molecule has 0 spiro atoms. The maximum atomic E-state index is 12.4. The molecule has 0 saturated heterocycles. The lowest BCUT2D eigenvalue weighted by Crippen LogP contribution is -2.17. The Morgan fingerprint density at radius 1 is 1.38 bits per heavy atom. The van der Waals surface area contributed by atoms with Crippen LogP contribution in [0.25, 0.3) is 0 Å². The number of fused-ring (bicyclic) bond motifs is 1. The van der Waals surface area contributed by atoms with Crippen molar-refractivity contribution in [2.75, 3.05) is 11.1 Å². The summed E-state index contributed by atoms with van der Waals surface area (Å²) in [6.07, 6.45) is 0. The highest BCUT2D eigenvalue weighted by molar-refractivity contribution is 8.00. The lowest BCUT2D eigenvalue weighted by Gasteiger charge is -2.14. The van der Waals surface area contributed by atoms with Crippen molar-refractivity contribution in [3.05, 3.63) is 37.8 Å². The smallest absolute Gasteiger partial charge is 0.271 e. The standard InChI is InChI=1S/C14H17N3O2S2/c1-7(2)17-13-10(14(19)16-17)12(21-6-9(18)15-13)11-8(3)4-5-20-11/h4-5,7,12H,6H2,1-3H3,(H,15,18)(H,16,19)/t12-/m1/s1. The SMILES string of the molecule is Cc1ccsc1[C@@H]1SCC(=O)Nc2c1c(=O)[nH]n2C(C)C. The average Bonchev–Trinajstić information content (AvgIpc) is 2.91. The summed E-state index contributed by atoms with van der Waals surface area (Å²) in [5.41, 5.74) is 1.70. The summed E-state index contributed by atoms with van der Waals surface area (Å²) in [5, 5.41) is 7.66. The van der Waals surface area contributed by atoms with Gasteiger partial charge in [-0.3, -0.25) is 19.4 Å². The number of carbonyl (C=O) groups is 1. The quantitative estimate of drug-likeness (QED) is 0.893. The maximum Gasteiger partial charge on any atom is 0.271 e. The van der Waals surface area contributed by atoms with Crippen LogP contribution in [-0.4, -0.2) is 21.4 Å². The first kappa shape index (κ1) is 14.5. The molecule has 0 saturated carbocycles. The van der Waals surface area contributed by atoms with Gasteiger partial charge >= 0.3 is 0 Å². The number of thiophene rings is 1. The summed E-state index contributed by atoms with van der Waals surface area (Å²) in [4.78, 5) is 25.5. The molecule has 0 aromatic carbocycles. The molecule has 2 aromatic heterocycles. The number of nitrogens with one attached hydrogen (secondary N) is 2. The number of hydrogen-bond donors (Lipinski definition) is 2. The number of aryl methyl sites for hydroxylation is 1. The van der Waals surface area contributed by atoms with E-state index in [0.717, 1.165) is 10.4 Å². The molecule has 21 heavy (non-hydrogen) atoms. The minimum Gasteiger partial charge on any atom is -0.310 e. The Morgan fingerprint density at radius 3 is 2.76 bits per heavy atom. The highest BCUT2D eigenvalue weighted by Crippen LogP contribution is 2.43. The van der Waals surface area contributed by atoms with Gasteiger partial charge in [0, 0.05) is 10.9 Å². The molecular formula is C14H17N3O2S2. The minimum atomic E-state index is -0.119. The molecule has 3 rings (SSSR count). The van der Waals surface area contributed by atoms with Crippen LogP contribution in [0.1, 0.15) is 41.1 Å². The molecule has 2 aromatic rings. The molecule has 0 bridgehead atoms. The monoisotopic (exact) mass is 323 g/mol. The van der Waals surface area contributed by atoms with E-state index in [4.69, 9.17) is 0 Å². The molecule has 0 fully saturated rings. The number of anilines is 1. The van der Waals surface area contributed by atoms with Crippen molar-refractivity contribution in [1.29, 1.82) is 0 Å². The van der Waals surface area contributed by atoms with Gasteiger partial charge in [-0.15, -0.1) is 23.1 Å². The van der Waals surface area contributed by atoms with E-state index >= 15 is 0 Å². The number of carbonyl (C=O) groups excluding carboxylic acids is 1. The van der Waals surface area contributed by atoms with E-state index in [1.165, 1.54) is 11.8 Å². The summed E-state index contributed by atoms with van der Waals surface area (Å²) >= 11 is 3.15. The van der Waals surface area contributed by atoms with Crippen LogP contribution in [0.2, 0.25) is 0 Å². The van der Waals surface area contributed by atoms with Crippen molar-refractivity contribution >= 4 is 34.8 Å². The van der Waals surface area contributed by atoms with Gasteiger partial charge in [0.25, 0.3) is 5.56 Å². The molecule has 3 heterocycles. The Labute approximate surface area is 130 Å². The lowest BCUT2D eigenvalue weighted by molar-refractivity contribution is -0.113. The highest BCUT2D eigenvalue weighted by Gasteiger charge is 2.32. The van der Waals surface area contributed by atoms with E-state index in [-0.39, 0.29) is 22.8 Å². The molecular weight excluding hydrogens is 306 g/mol. The zero-order valence-electron chi connectivity index (χ0n) is 12.1. The fourth-order valence-electron chi connectivity index (χ4n) is 2.49. The largest absolute Gasteiger partial charge is 0.310 e. The zero-order valence-corrected chi connectivity index (χ0v) is 13.7. The van der Waals surface area contributed by atoms with Gasteiger partial charge < -0.3 is 5.32 Å². The summed E-state index contributed by atoms with van der Waals surface area (Å²) in [5.74, 6) is 0.906. The first-order chi connectivity index (χ1) is 9.99. The van der Waals surface area contributed by atoms with Crippen LogP contribution in [0.15, 0.2) is 16.2 Å². The molecule has 2 N–H and O–H groups in total. The Hall–Kier alpha value is -1.47. The predicted octanol–water partition coefficient (Wildman–Crippen LogP) is 2.90. The van der Waals surface area contributed by atoms with Gasteiger partial charge in [-0.25, -0.2) is 0 Å². The summed E-state index contributed by atoms with van der Waals surface area (Å²) in [6.45, 7) is 6.00. The van der Waals surface area contributed by atoms with Crippen molar-refractivity contribution in [2.45, 2.75) is 32.1 Å². The summed E-state index contributed by atoms with van der Waals surface area (Å²) in [6, 6.07) is 2.13. The van der Waals surface area contributed by atoms with Gasteiger partial charge in [-0.05, 0) is 37.8 Å². The molecule has 7 heteroatoms. The highest BCUT2D eigenvalue weighted by atomic mass is 32.2. The zero-order chi connectivity index (χ0) is 15.1. The number of H-pyrrole nitrogens is 1. The van der Waals surface area contributed by atoms with E-state index in [9.17, 15) is 9.59 Å². The Morgan fingerprint density at radius 2 is 2.14 bits per heavy atom. The normalized spacial score (nSPS) is 18.5. The lowest BCUT2D eigenvalue weighted by atomic mass is 10.1. The van der Waals surface area contributed by atoms with E-state index in [1.807, 2.05) is 32.2 Å². The second kappa shape index (κ2) is 5.38. The van der Waals surface area contributed by atoms with Crippen molar-refractivity contribution in [1.82, 2.24) is 9.78 Å². The van der Waals surface area contributed by atoms with Crippen LogP contribution < -0.4 is 10.9 Å². The third-order valence-electron chi connectivity index (χ3n) is 3.52. The van der Waals surface area contributed by atoms with E-state index < -0.39 is 0 Å². The number of aromatic nitrogens is 2. The van der Waals surface area contributed by atoms with Gasteiger partial charge in [0.15, 0.2) is 0 Å². The van der Waals surface area contributed by atoms with Crippen LogP contribution in [0.5, 0.6) is 0 Å². The van der Waals surface area contributed by atoms with Crippen LogP contribution in [0.3, 0.4) is 0 Å². The topological polar surface area (TPSA) is 66.9 Å². The Balaban J connectivity index is 2.21. The van der Waals surface area contributed by atoms with Crippen LogP contribution >= 0.6 is 23.1 Å². The van der Waals surface area contributed by atoms with Crippen molar-refractivity contribution in [3.63, 3.8) is 0 Å². The van der Waals surface area contributed by atoms with E-state index in [1.54, 1.807) is 16.0 Å². The first-order valence-electron chi connectivity index (χ1n) is 6.79. The third-order valence-corrected chi connectivity index (χ3v) is 5.99. The summed E-state index contributed by atoms with van der Waals surface area (Å²) < 4.78 is 1.75. The fraction of sp³-hybridized carbons (Fsp3) is 0.429. The number of nitrogens with zero attached hydrogens (tertiary/aromatic N) is 1. The van der Waals surface area contributed by atoms with Crippen molar-refractivity contribution in [2.24, 2.45) is 0 Å². The maximum absolute atomic E-state index is 12.4. The summed E-state index contributed by atoms with van der Waals surface area (Å²) in [7, 11) is 0. The second-order valence-electron chi connectivity index (χ2n) is 5.37. The molecule has 1 aliphatic rings. The first-order valence-corrected chi connectivity index (χ1v) is 8.71. The van der Waals surface area contributed by atoms with Crippen molar-refractivity contribution < 1.29 is 4.79 Å². The molecule has 1 aliphatic heterocycles. The number of thioether (sulfide) groups is 1. The van der Waals surface area contributed by atoms with Gasteiger partial charge in [0.2, 0.25) is 5.91 Å². The van der Waals surface area contributed by atoms with Gasteiger partial charge in [-0.1, -0.05) is 0 Å². The molecule has 1 atom stereocenters. The molecule has 5 nitrogen and oxygen atoms in total. The molecule has 112 valence electrons. The number of rotatable bonds is 2. The molecule has 0 unspecified atom stereocenters. The molecule has 1 amide bonds.